The number of carbonyl (C=O) groups is 3. The largest absolute Gasteiger partial charge is 0.423 e. The molecule has 4 aliphatic carbocycles. The normalized spacial score (nSPS) is 22.4. The lowest BCUT2D eigenvalue weighted by Crippen LogP contribution is -2.46. The fourth-order valence-corrected chi connectivity index (χ4v) is 11.8. The van der Waals surface area contributed by atoms with Gasteiger partial charge in [-0.1, -0.05) is 62.6 Å². The third kappa shape index (κ3) is 8.23. The number of piperazine rings is 1. The van der Waals surface area contributed by atoms with Gasteiger partial charge in [-0.15, -0.1) is 0 Å². The predicted octanol–water partition coefficient (Wildman–Crippen LogP) is 10.9. The molecule has 0 N–H and O–H groups in total. The van der Waals surface area contributed by atoms with E-state index < -0.39 is 0 Å². The van der Waals surface area contributed by atoms with Crippen molar-refractivity contribution in [3.8, 4) is 17.0 Å². The van der Waals surface area contributed by atoms with Gasteiger partial charge in [0.15, 0.2) is 0 Å². The van der Waals surface area contributed by atoms with Crippen molar-refractivity contribution in [2.45, 2.75) is 78.1 Å². The van der Waals surface area contributed by atoms with Gasteiger partial charge in [0.2, 0.25) is 0 Å². The van der Waals surface area contributed by atoms with E-state index in [9.17, 15) is 14.4 Å². The Bertz CT molecular complexity index is 2560. The Morgan fingerprint density at radius 1 is 0.641 bits per heavy atom. The third-order valence-corrected chi connectivity index (χ3v) is 14.7. The van der Waals surface area contributed by atoms with Crippen LogP contribution in [-0.4, -0.2) is 48.5 Å². The number of anilines is 3. The van der Waals surface area contributed by atoms with E-state index in [0.717, 1.165) is 112 Å². The zero-order chi connectivity index (χ0) is 43.9. The number of aryl methyl sites for hydroxylation is 3. The minimum absolute atomic E-state index is 0.159. The Labute approximate surface area is 378 Å². The number of esters is 1. The monoisotopic (exact) mass is 852 g/mol. The highest BCUT2D eigenvalue weighted by Crippen LogP contribution is 2.58. The van der Waals surface area contributed by atoms with E-state index in [2.05, 4.69) is 76.9 Å². The van der Waals surface area contributed by atoms with Crippen molar-refractivity contribution in [3.63, 3.8) is 0 Å². The van der Waals surface area contributed by atoms with Crippen molar-refractivity contribution >= 4 is 34.8 Å². The molecule has 0 unspecified atom stereocenters. The van der Waals surface area contributed by atoms with Crippen LogP contribution in [0.1, 0.15) is 85.8 Å². The molecule has 8 heteroatoms. The summed E-state index contributed by atoms with van der Waals surface area (Å²) in [5.41, 5.74) is 11.7. The van der Waals surface area contributed by atoms with Gasteiger partial charge >= 0.3 is 5.97 Å². The first-order chi connectivity index (χ1) is 31.2. The van der Waals surface area contributed by atoms with Crippen LogP contribution in [0.2, 0.25) is 0 Å². The molecule has 8 nitrogen and oxygen atoms in total. The smallest absolute Gasteiger partial charge is 0.343 e. The molecule has 3 heterocycles. The summed E-state index contributed by atoms with van der Waals surface area (Å²) in [7, 11) is 2.02. The van der Waals surface area contributed by atoms with Crippen LogP contribution >= 0.6 is 0 Å². The highest BCUT2D eigenvalue weighted by atomic mass is 16.5. The molecule has 6 fully saturated rings. The van der Waals surface area contributed by atoms with Gasteiger partial charge in [-0.05, 0) is 176 Å². The average molecular weight is 853 g/mol. The first-order valence-corrected chi connectivity index (χ1v) is 23.8. The summed E-state index contributed by atoms with van der Waals surface area (Å²) in [6.07, 6.45) is 14.8. The number of amides is 2. The van der Waals surface area contributed by atoms with Gasteiger partial charge in [0.25, 0.3) is 11.8 Å². The number of ether oxygens (including phenoxy) is 1. The molecule has 2 aliphatic heterocycles. The summed E-state index contributed by atoms with van der Waals surface area (Å²) < 4.78 is 7.80. The van der Waals surface area contributed by atoms with Crippen molar-refractivity contribution < 1.29 is 19.1 Å². The summed E-state index contributed by atoms with van der Waals surface area (Å²) in [6, 6.07) is 34.5. The molecule has 0 radical (unpaired) electrons. The molecule has 4 saturated carbocycles. The molecule has 2 saturated heterocycles. The summed E-state index contributed by atoms with van der Waals surface area (Å²) in [5, 5.41) is 0. The second-order valence-corrected chi connectivity index (χ2v) is 19.0. The third-order valence-electron chi connectivity index (χ3n) is 14.7. The van der Waals surface area contributed by atoms with Gasteiger partial charge in [0.05, 0.1) is 16.8 Å². The van der Waals surface area contributed by atoms with Crippen LogP contribution in [0.5, 0.6) is 5.75 Å². The van der Waals surface area contributed by atoms with E-state index in [1.807, 2.05) is 73.8 Å². The maximum Gasteiger partial charge on any atom is 0.343 e. The minimum atomic E-state index is -0.377. The molecule has 5 aromatic rings. The van der Waals surface area contributed by atoms with E-state index in [1.165, 1.54) is 33.7 Å². The second kappa shape index (κ2) is 17.8. The number of hydrogen-bond acceptors (Lipinski definition) is 6. The quantitative estimate of drug-likeness (QED) is 0.0539. The molecule has 4 bridgehead atoms. The van der Waals surface area contributed by atoms with Gasteiger partial charge in [-0.25, -0.2) is 9.69 Å². The number of nitrogens with zero attached hydrogens (tertiary/aromatic N) is 4. The van der Waals surface area contributed by atoms with Crippen LogP contribution in [0.4, 0.5) is 17.1 Å². The lowest BCUT2D eigenvalue weighted by molar-refractivity contribution is -0.119. The highest BCUT2D eigenvalue weighted by molar-refractivity contribution is 6.37. The van der Waals surface area contributed by atoms with E-state index in [0.29, 0.717) is 46.4 Å². The Balaban J connectivity index is 0.861. The van der Waals surface area contributed by atoms with E-state index in [4.69, 9.17) is 4.74 Å². The van der Waals surface area contributed by atoms with Crippen molar-refractivity contribution in [1.29, 1.82) is 0 Å². The Hall–Kier alpha value is -6.15. The summed E-state index contributed by atoms with van der Waals surface area (Å²) in [5.74, 6) is 2.00. The van der Waals surface area contributed by atoms with Crippen molar-refractivity contribution in [1.82, 2.24) is 4.57 Å². The van der Waals surface area contributed by atoms with E-state index in [1.54, 1.807) is 0 Å². The molecule has 11 rings (SSSR count). The molecular formula is C56H60N4O4. The first kappa shape index (κ1) is 41.8. The van der Waals surface area contributed by atoms with E-state index >= 15 is 0 Å². The lowest BCUT2D eigenvalue weighted by Gasteiger charge is -2.52. The van der Waals surface area contributed by atoms with Crippen molar-refractivity contribution in [3.05, 3.63) is 154 Å². The summed E-state index contributed by atoms with van der Waals surface area (Å²) in [4.78, 5) is 48.6. The zero-order valence-corrected chi connectivity index (χ0v) is 37.6. The highest BCUT2D eigenvalue weighted by Gasteiger charge is 2.50. The predicted molar refractivity (Wildman–Crippen MR) is 256 cm³/mol. The van der Waals surface area contributed by atoms with Gasteiger partial charge < -0.3 is 19.1 Å². The van der Waals surface area contributed by atoms with Crippen LogP contribution in [0.15, 0.2) is 132 Å². The maximum absolute atomic E-state index is 14.8. The number of aromatic nitrogens is 1. The lowest BCUT2D eigenvalue weighted by atomic mass is 9.53. The van der Waals surface area contributed by atoms with Crippen LogP contribution in [0.25, 0.3) is 11.3 Å². The fourth-order valence-electron chi connectivity index (χ4n) is 11.8. The molecule has 6 aliphatic rings. The standard InChI is InChI=1S/C56H60N4O4/c1-4-6-37-8-13-43(14-9-37)56(63)64-49-23-15-42(16-24-49)51-35-39(36-57(51)3)12-25-50-53(52-44-31-40-30-41(33-44)34-45(52)32-40)55(62)60(54(50)61)48-21-19-47(20-22-48)59-28-26-58(27-29-59)46-17-10-38(7-5-2)11-18-46/h8-11,13-25,35-36,40-41,44-45H,4-7,12,26-34H2,1-3H3. The average Bonchev–Trinajstić information content (AvgIpc) is 3.80. The number of allylic oxidation sites excluding steroid dienone is 2. The molecule has 64 heavy (non-hydrogen) atoms. The maximum atomic E-state index is 14.8. The topological polar surface area (TPSA) is 75.1 Å². The number of imide groups is 1. The molecule has 0 spiro atoms. The van der Waals surface area contributed by atoms with Crippen LogP contribution in [-0.2, 0) is 35.9 Å². The Kier molecular flexibility index (Phi) is 11.6. The molecular weight excluding hydrogens is 793 g/mol. The number of hydrogen-bond donors (Lipinski definition) is 0. The fraction of sp³-hybridized carbons (Fsp3) is 0.375. The molecule has 2 amide bonds. The number of benzene rings is 4. The molecule has 1 aromatic heterocycles. The van der Waals surface area contributed by atoms with Crippen LogP contribution in [0.3, 0.4) is 0 Å². The van der Waals surface area contributed by atoms with Gasteiger partial charge in [-0.2, -0.15) is 0 Å². The Morgan fingerprint density at radius 2 is 1.17 bits per heavy atom. The summed E-state index contributed by atoms with van der Waals surface area (Å²) >= 11 is 0. The molecule has 4 aromatic carbocycles. The Morgan fingerprint density at radius 3 is 1.73 bits per heavy atom. The number of carbonyl (C=O) groups excluding carboxylic acids is 3. The summed E-state index contributed by atoms with van der Waals surface area (Å²) in [6.45, 7) is 8.05. The number of rotatable bonds is 12. The molecule has 0 atom stereocenters. The van der Waals surface area contributed by atoms with Crippen LogP contribution < -0.4 is 19.4 Å². The first-order valence-electron chi connectivity index (χ1n) is 23.8. The van der Waals surface area contributed by atoms with E-state index in [-0.39, 0.29) is 17.8 Å². The van der Waals surface area contributed by atoms with Gasteiger partial charge in [0, 0.05) is 62.1 Å². The van der Waals surface area contributed by atoms with Gasteiger partial charge in [0.1, 0.15) is 5.75 Å². The zero-order valence-electron chi connectivity index (χ0n) is 37.6. The molecule has 328 valence electrons. The second-order valence-electron chi connectivity index (χ2n) is 19.0. The van der Waals surface area contributed by atoms with Crippen molar-refractivity contribution in [2.24, 2.45) is 30.7 Å². The van der Waals surface area contributed by atoms with Crippen LogP contribution in [0, 0.1) is 23.7 Å². The van der Waals surface area contributed by atoms with Crippen molar-refractivity contribution in [2.75, 3.05) is 40.9 Å². The minimum Gasteiger partial charge on any atom is -0.423 e. The SMILES string of the molecule is CCCc1ccc(C(=O)Oc2ccc(-c3cc(CC=C4C(=O)N(c5ccc(N6CCN(c7ccc(CCC)cc7)CC6)cc5)C(=O)C4=C4C5CC6CC(C5)CC4C6)cn3C)cc2)cc1. The van der Waals surface area contributed by atoms with Gasteiger partial charge in [-0.3, -0.25) is 9.59 Å².